The summed E-state index contributed by atoms with van der Waals surface area (Å²) in [6, 6.07) is 0.671. The summed E-state index contributed by atoms with van der Waals surface area (Å²) >= 11 is 1.96. The number of nitrogens with zero attached hydrogens (tertiary/aromatic N) is 1. The first kappa shape index (κ1) is 18.3. The van der Waals surface area contributed by atoms with E-state index in [1.165, 1.54) is 44.3 Å². The summed E-state index contributed by atoms with van der Waals surface area (Å²) in [4.78, 5) is 2.65. The van der Waals surface area contributed by atoms with Gasteiger partial charge < -0.3 is 5.73 Å². The third-order valence-electron chi connectivity index (χ3n) is 5.65. The highest BCUT2D eigenvalue weighted by Crippen LogP contribution is 2.37. The van der Waals surface area contributed by atoms with Gasteiger partial charge in [0, 0.05) is 23.9 Å². The minimum atomic E-state index is 0.250. The van der Waals surface area contributed by atoms with Gasteiger partial charge in [0.25, 0.3) is 0 Å². The summed E-state index contributed by atoms with van der Waals surface area (Å²) in [5, 5.41) is 0. The van der Waals surface area contributed by atoms with Crippen molar-refractivity contribution >= 4 is 11.8 Å². The van der Waals surface area contributed by atoms with E-state index in [4.69, 9.17) is 5.73 Å². The second kappa shape index (κ2) is 8.65. The minimum Gasteiger partial charge on any atom is -0.329 e. The molecule has 0 aromatic heterocycles. The Hall–Kier alpha value is 0.270. The molecule has 1 aliphatic carbocycles. The summed E-state index contributed by atoms with van der Waals surface area (Å²) in [5.41, 5.74) is 6.52. The van der Waals surface area contributed by atoms with E-state index in [0.717, 1.165) is 18.4 Å². The van der Waals surface area contributed by atoms with Gasteiger partial charge in [-0.25, -0.2) is 0 Å². The number of thioether (sulfide) groups is 1. The van der Waals surface area contributed by atoms with Crippen LogP contribution in [0.1, 0.15) is 59.3 Å². The van der Waals surface area contributed by atoms with Crippen LogP contribution < -0.4 is 5.73 Å². The van der Waals surface area contributed by atoms with E-state index in [9.17, 15) is 0 Å². The molecule has 0 aliphatic heterocycles. The fourth-order valence-electron chi connectivity index (χ4n) is 3.87. The highest BCUT2D eigenvalue weighted by Gasteiger charge is 2.38. The summed E-state index contributed by atoms with van der Waals surface area (Å²) < 4.78 is 0. The van der Waals surface area contributed by atoms with Gasteiger partial charge in [0.05, 0.1) is 0 Å². The Morgan fingerprint density at radius 1 is 1.30 bits per heavy atom. The highest BCUT2D eigenvalue weighted by atomic mass is 32.2. The average Bonchev–Trinajstić information content (AvgIpc) is 2.67. The lowest BCUT2D eigenvalue weighted by Crippen LogP contribution is -2.56. The molecule has 3 atom stereocenters. The van der Waals surface area contributed by atoms with Gasteiger partial charge in [-0.2, -0.15) is 11.8 Å². The maximum atomic E-state index is 6.27. The topological polar surface area (TPSA) is 29.3 Å². The van der Waals surface area contributed by atoms with E-state index in [1.807, 2.05) is 11.8 Å². The molecule has 0 amide bonds. The predicted molar refractivity (Wildman–Crippen MR) is 93.4 cm³/mol. The molecule has 20 heavy (non-hydrogen) atoms. The van der Waals surface area contributed by atoms with Crippen molar-refractivity contribution < 1.29 is 0 Å². The predicted octanol–water partition coefficient (Wildman–Crippen LogP) is 3.99. The van der Waals surface area contributed by atoms with Gasteiger partial charge in [-0.3, -0.25) is 4.90 Å². The molecular formula is C17H36N2S. The smallest absolute Gasteiger partial charge is 0.0332 e. The molecule has 0 spiro atoms. The van der Waals surface area contributed by atoms with Crippen LogP contribution in [0.25, 0.3) is 0 Å². The van der Waals surface area contributed by atoms with Crippen LogP contribution in [0.4, 0.5) is 0 Å². The SMILES string of the molecule is CCC(CSC)N(C)C1(CN)CCCC(C(C)C)CC1. The molecule has 1 aliphatic rings. The van der Waals surface area contributed by atoms with Crippen LogP contribution in [-0.2, 0) is 0 Å². The first-order valence-electron chi connectivity index (χ1n) is 8.42. The Kier molecular flexibility index (Phi) is 7.92. The van der Waals surface area contributed by atoms with Crippen molar-refractivity contribution in [1.29, 1.82) is 0 Å². The quantitative estimate of drug-likeness (QED) is 0.721. The molecule has 3 heteroatoms. The molecule has 3 unspecified atom stereocenters. The summed E-state index contributed by atoms with van der Waals surface area (Å²) in [7, 11) is 2.33. The molecule has 2 N–H and O–H groups in total. The largest absolute Gasteiger partial charge is 0.329 e. The van der Waals surface area contributed by atoms with Gasteiger partial charge in [0.1, 0.15) is 0 Å². The minimum absolute atomic E-state index is 0.250. The van der Waals surface area contributed by atoms with Crippen molar-refractivity contribution in [3.05, 3.63) is 0 Å². The zero-order chi connectivity index (χ0) is 15.2. The van der Waals surface area contributed by atoms with Crippen LogP contribution in [0.5, 0.6) is 0 Å². The lowest BCUT2D eigenvalue weighted by molar-refractivity contribution is 0.0681. The van der Waals surface area contributed by atoms with Crippen LogP contribution in [0.2, 0.25) is 0 Å². The molecule has 0 saturated heterocycles. The Morgan fingerprint density at radius 2 is 2.00 bits per heavy atom. The standard InChI is InChI=1S/C17H36N2S/c1-6-16(12-20-5)19(4)17(13-18)10-7-8-15(9-11-17)14(2)3/h14-16H,6-13,18H2,1-5H3. The molecule has 1 fully saturated rings. The molecule has 1 saturated carbocycles. The first-order chi connectivity index (χ1) is 9.50. The van der Waals surface area contributed by atoms with Crippen LogP contribution in [-0.4, -0.2) is 42.1 Å². The fraction of sp³-hybridized carbons (Fsp3) is 1.00. The van der Waals surface area contributed by atoms with E-state index < -0.39 is 0 Å². The monoisotopic (exact) mass is 300 g/mol. The summed E-state index contributed by atoms with van der Waals surface area (Å²) in [5.74, 6) is 2.95. The van der Waals surface area contributed by atoms with Crippen molar-refractivity contribution in [2.24, 2.45) is 17.6 Å². The zero-order valence-electron chi connectivity index (χ0n) is 14.3. The van der Waals surface area contributed by atoms with Crippen LogP contribution in [0.3, 0.4) is 0 Å². The maximum Gasteiger partial charge on any atom is 0.0332 e. The van der Waals surface area contributed by atoms with Gasteiger partial charge >= 0.3 is 0 Å². The second-order valence-corrected chi connectivity index (χ2v) is 7.90. The molecule has 120 valence electrons. The summed E-state index contributed by atoms with van der Waals surface area (Å²) in [6.07, 6.45) is 10.1. The number of hydrogen-bond acceptors (Lipinski definition) is 3. The number of hydrogen-bond donors (Lipinski definition) is 1. The van der Waals surface area contributed by atoms with E-state index in [1.54, 1.807) is 0 Å². The normalized spacial score (nSPS) is 29.7. The molecule has 0 aromatic rings. The number of nitrogens with two attached hydrogens (primary N) is 1. The number of rotatable bonds is 7. The van der Waals surface area contributed by atoms with Gasteiger partial charge in [-0.1, -0.05) is 33.6 Å². The zero-order valence-corrected chi connectivity index (χ0v) is 15.1. The molecule has 2 nitrogen and oxygen atoms in total. The Labute approximate surface area is 131 Å². The van der Waals surface area contributed by atoms with Crippen LogP contribution in [0.15, 0.2) is 0 Å². The lowest BCUT2D eigenvalue weighted by atomic mass is 9.85. The van der Waals surface area contributed by atoms with Gasteiger partial charge in [-0.05, 0) is 50.8 Å². The van der Waals surface area contributed by atoms with Crippen molar-refractivity contribution in [1.82, 2.24) is 4.90 Å². The Morgan fingerprint density at radius 3 is 2.50 bits per heavy atom. The van der Waals surface area contributed by atoms with Gasteiger partial charge in [0.2, 0.25) is 0 Å². The maximum absolute atomic E-state index is 6.27. The van der Waals surface area contributed by atoms with Crippen LogP contribution in [0, 0.1) is 11.8 Å². The van der Waals surface area contributed by atoms with E-state index in [-0.39, 0.29) is 5.54 Å². The van der Waals surface area contributed by atoms with Gasteiger partial charge in [0.15, 0.2) is 0 Å². The van der Waals surface area contributed by atoms with E-state index in [2.05, 4.69) is 39.0 Å². The lowest BCUT2D eigenvalue weighted by Gasteiger charge is -2.45. The molecule has 0 radical (unpaired) electrons. The molecular weight excluding hydrogens is 264 g/mol. The third-order valence-corrected chi connectivity index (χ3v) is 6.36. The highest BCUT2D eigenvalue weighted by molar-refractivity contribution is 7.98. The molecule has 0 aromatic carbocycles. The first-order valence-corrected chi connectivity index (χ1v) is 9.82. The van der Waals surface area contributed by atoms with Crippen molar-refractivity contribution in [2.75, 3.05) is 25.6 Å². The number of likely N-dealkylation sites (N-methyl/N-ethyl adjacent to an activating group) is 1. The molecule has 1 rings (SSSR count). The fourth-order valence-corrected chi connectivity index (χ4v) is 4.71. The second-order valence-electron chi connectivity index (χ2n) is 6.99. The Bertz CT molecular complexity index is 270. The van der Waals surface area contributed by atoms with E-state index >= 15 is 0 Å². The Balaban J connectivity index is 2.79. The molecule has 0 heterocycles. The van der Waals surface area contributed by atoms with Crippen molar-refractivity contribution in [3.63, 3.8) is 0 Å². The third kappa shape index (κ3) is 4.38. The van der Waals surface area contributed by atoms with E-state index in [0.29, 0.717) is 6.04 Å². The molecule has 0 bridgehead atoms. The summed E-state index contributed by atoms with van der Waals surface area (Å²) in [6.45, 7) is 7.90. The van der Waals surface area contributed by atoms with Crippen molar-refractivity contribution in [2.45, 2.75) is 70.9 Å². The average molecular weight is 301 g/mol. The van der Waals surface area contributed by atoms with Crippen LogP contribution >= 0.6 is 11.8 Å². The van der Waals surface area contributed by atoms with Gasteiger partial charge in [-0.15, -0.1) is 0 Å². The van der Waals surface area contributed by atoms with Crippen molar-refractivity contribution in [3.8, 4) is 0 Å².